The van der Waals surface area contributed by atoms with Crippen molar-refractivity contribution in [3.8, 4) is 0 Å². The van der Waals surface area contributed by atoms with Gasteiger partial charge in [-0.15, -0.1) is 0 Å². The van der Waals surface area contributed by atoms with Crippen molar-refractivity contribution in [3.05, 3.63) is 35.5 Å². The fourth-order valence-corrected chi connectivity index (χ4v) is 3.05. The van der Waals surface area contributed by atoms with Crippen LogP contribution in [0.15, 0.2) is 24.3 Å². The molecule has 128 valence electrons. The molecule has 24 heavy (non-hydrogen) atoms. The highest BCUT2D eigenvalue weighted by Gasteiger charge is 2.25. The fraction of sp³-hybridized carbons (Fsp3) is 0.444. The van der Waals surface area contributed by atoms with E-state index < -0.39 is 0 Å². The lowest BCUT2D eigenvalue weighted by molar-refractivity contribution is 0.0857. The largest absolute Gasteiger partial charge is 0.450 e. The number of aromatic amines is 1. The molecule has 0 saturated carbocycles. The van der Waals surface area contributed by atoms with Crippen molar-refractivity contribution < 1.29 is 14.3 Å². The quantitative estimate of drug-likeness (QED) is 0.909. The highest BCUT2D eigenvalue weighted by molar-refractivity contribution is 5.98. The van der Waals surface area contributed by atoms with Gasteiger partial charge in [0, 0.05) is 30.0 Å². The first-order chi connectivity index (χ1) is 11.6. The first-order valence-corrected chi connectivity index (χ1v) is 8.38. The molecule has 0 atom stereocenters. The van der Waals surface area contributed by atoms with E-state index in [2.05, 4.69) is 10.3 Å². The number of ether oxygens (including phenoxy) is 1. The Bertz CT molecular complexity index is 745. The van der Waals surface area contributed by atoms with Gasteiger partial charge in [-0.05, 0) is 44.4 Å². The molecule has 6 heteroatoms. The number of hydrogen-bond acceptors (Lipinski definition) is 3. The number of benzene rings is 1. The highest BCUT2D eigenvalue weighted by Crippen LogP contribution is 2.18. The van der Waals surface area contributed by atoms with Crippen LogP contribution in [0.2, 0.25) is 0 Å². The van der Waals surface area contributed by atoms with Gasteiger partial charge < -0.3 is 19.9 Å². The Balaban J connectivity index is 1.58. The molecule has 0 spiro atoms. The average Bonchev–Trinajstić information content (AvgIpc) is 2.99. The van der Waals surface area contributed by atoms with Gasteiger partial charge in [0.1, 0.15) is 5.69 Å². The molecule has 2 heterocycles. The number of amides is 2. The Labute approximate surface area is 141 Å². The van der Waals surface area contributed by atoms with Crippen molar-refractivity contribution >= 4 is 22.9 Å². The van der Waals surface area contributed by atoms with Crippen LogP contribution in [0.4, 0.5) is 4.79 Å². The van der Waals surface area contributed by atoms with E-state index in [9.17, 15) is 9.59 Å². The summed E-state index contributed by atoms with van der Waals surface area (Å²) in [6, 6.07) is 8.02. The van der Waals surface area contributed by atoms with Crippen LogP contribution in [0.1, 0.15) is 35.8 Å². The molecule has 1 aliphatic heterocycles. The molecule has 6 nitrogen and oxygen atoms in total. The number of aromatic nitrogens is 1. The van der Waals surface area contributed by atoms with E-state index >= 15 is 0 Å². The summed E-state index contributed by atoms with van der Waals surface area (Å²) in [5, 5.41) is 4.08. The number of rotatable bonds is 3. The zero-order valence-electron chi connectivity index (χ0n) is 14.1. The Morgan fingerprint density at radius 1 is 1.29 bits per heavy atom. The third-order valence-electron chi connectivity index (χ3n) is 4.38. The van der Waals surface area contributed by atoms with Crippen LogP contribution in [0.5, 0.6) is 0 Å². The predicted octanol–water partition coefficient (Wildman–Crippen LogP) is 2.83. The number of hydrogen-bond donors (Lipinski definition) is 2. The lowest BCUT2D eigenvalue weighted by Crippen LogP contribution is -2.46. The van der Waals surface area contributed by atoms with E-state index in [1.807, 2.05) is 31.2 Å². The summed E-state index contributed by atoms with van der Waals surface area (Å²) >= 11 is 0. The third-order valence-corrected chi connectivity index (χ3v) is 4.38. The van der Waals surface area contributed by atoms with Gasteiger partial charge in [-0.25, -0.2) is 4.79 Å². The molecule has 2 aromatic rings. The van der Waals surface area contributed by atoms with Gasteiger partial charge in [0.05, 0.1) is 6.61 Å². The molecule has 0 radical (unpaired) electrons. The van der Waals surface area contributed by atoms with E-state index in [1.165, 1.54) is 0 Å². The Kier molecular flexibility index (Phi) is 4.74. The smallest absolute Gasteiger partial charge is 0.409 e. The number of nitrogens with one attached hydrogen (secondary N) is 2. The number of nitrogens with zero attached hydrogens (tertiary/aromatic N) is 1. The molecule has 1 saturated heterocycles. The molecule has 0 bridgehead atoms. The summed E-state index contributed by atoms with van der Waals surface area (Å²) in [4.78, 5) is 29.0. The maximum absolute atomic E-state index is 12.4. The molecule has 0 unspecified atom stereocenters. The number of H-pyrrole nitrogens is 1. The van der Waals surface area contributed by atoms with E-state index in [1.54, 1.807) is 11.8 Å². The van der Waals surface area contributed by atoms with Crippen molar-refractivity contribution in [1.82, 2.24) is 15.2 Å². The molecule has 1 aliphatic rings. The second kappa shape index (κ2) is 6.95. The summed E-state index contributed by atoms with van der Waals surface area (Å²) in [6.45, 7) is 5.42. The zero-order chi connectivity index (χ0) is 17.1. The van der Waals surface area contributed by atoms with E-state index in [-0.39, 0.29) is 18.0 Å². The van der Waals surface area contributed by atoms with Crippen LogP contribution in [0.25, 0.3) is 10.9 Å². The van der Waals surface area contributed by atoms with Crippen molar-refractivity contribution in [2.24, 2.45) is 0 Å². The number of piperidine rings is 1. The Hall–Kier alpha value is -2.50. The summed E-state index contributed by atoms with van der Waals surface area (Å²) < 4.78 is 5.00. The SMILES string of the molecule is CCOC(=O)N1CCC(NC(=O)c2cc3ccc(C)cc3[nH]2)CC1. The maximum Gasteiger partial charge on any atom is 0.409 e. The normalized spacial score (nSPS) is 15.5. The molecule has 1 fully saturated rings. The van der Waals surface area contributed by atoms with Gasteiger partial charge in [0.25, 0.3) is 5.91 Å². The van der Waals surface area contributed by atoms with Crippen LogP contribution >= 0.6 is 0 Å². The van der Waals surface area contributed by atoms with Crippen molar-refractivity contribution in [2.75, 3.05) is 19.7 Å². The second-order valence-corrected chi connectivity index (χ2v) is 6.21. The molecular weight excluding hydrogens is 306 g/mol. The summed E-state index contributed by atoms with van der Waals surface area (Å²) in [7, 11) is 0. The van der Waals surface area contributed by atoms with E-state index in [4.69, 9.17) is 4.74 Å². The van der Waals surface area contributed by atoms with Crippen LogP contribution in [0.3, 0.4) is 0 Å². The number of carbonyl (C=O) groups excluding carboxylic acids is 2. The minimum atomic E-state index is -0.270. The number of carbonyl (C=O) groups is 2. The van der Waals surface area contributed by atoms with Crippen LogP contribution in [-0.4, -0.2) is 47.6 Å². The van der Waals surface area contributed by atoms with Gasteiger partial charge in [-0.1, -0.05) is 12.1 Å². The lowest BCUT2D eigenvalue weighted by atomic mass is 10.1. The van der Waals surface area contributed by atoms with E-state index in [0.29, 0.717) is 25.4 Å². The second-order valence-electron chi connectivity index (χ2n) is 6.21. The third kappa shape index (κ3) is 3.53. The van der Waals surface area contributed by atoms with Gasteiger partial charge in [-0.3, -0.25) is 4.79 Å². The highest BCUT2D eigenvalue weighted by atomic mass is 16.6. The van der Waals surface area contributed by atoms with Gasteiger partial charge in [0.2, 0.25) is 0 Å². The summed E-state index contributed by atoms with van der Waals surface area (Å²) in [5.41, 5.74) is 2.70. The molecule has 2 N–H and O–H groups in total. The first kappa shape index (κ1) is 16.4. The molecule has 1 aromatic heterocycles. The minimum absolute atomic E-state index is 0.0799. The van der Waals surface area contributed by atoms with Crippen LogP contribution in [-0.2, 0) is 4.74 Å². The number of aryl methyl sites for hydroxylation is 1. The summed E-state index contributed by atoms with van der Waals surface area (Å²) in [5.74, 6) is -0.0987. The average molecular weight is 329 g/mol. The molecule has 0 aliphatic carbocycles. The molecule has 3 rings (SSSR count). The van der Waals surface area contributed by atoms with Crippen LogP contribution in [0, 0.1) is 6.92 Å². The number of likely N-dealkylation sites (tertiary alicyclic amines) is 1. The monoisotopic (exact) mass is 329 g/mol. The molecule has 1 aromatic carbocycles. The fourth-order valence-electron chi connectivity index (χ4n) is 3.05. The molecular formula is C18H23N3O3. The van der Waals surface area contributed by atoms with E-state index in [0.717, 1.165) is 29.3 Å². The van der Waals surface area contributed by atoms with Crippen molar-refractivity contribution in [3.63, 3.8) is 0 Å². The standard InChI is InChI=1S/C18H23N3O3/c1-3-24-18(23)21-8-6-14(7-9-21)19-17(22)16-11-13-5-4-12(2)10-15(13)20-16/h4-5,10-11,14,20H,3,6-9H2,1-2H3,(H,19,22). The van der Waals surface area contributed by atoms with Crippen molar-refractivity contribution in [1.29, 1.82) is 0 Å². The molecule has 2 amide bonds. The zero-order valence-corrected chi connectivity index (χ0v) is 14.1. The van der Waals surface area contributed by atoms with Gasteiger partial charge >= 0.3 is 6.09 Å². The van der Waals surface area contributed by atoms with Crippen LogP contribution < -0.4 is 5.32 Å². The summed E-state index contributed by atoms with van der Waals surface area (Å²) in [6.07, 6.45) is 1.21. The van der Waals surface area contributed by atoms with Gasteiger partial charge in [0.15, 0.2) is 0 Å². The predicted molar refractivity (Wildman–Crippen MR) is 92.1 cm³/mol. The Morgan fingerprint density at radius 2 is 2.04 bits per heavy atom. The topological polar surface area (TPSA) is 74.4 Å². The Morgan fingerprint density at radius 3 is 2.75 bits per heavy atom. The lowest BCUT2D eigenvalue weighted by Gasteiger charge is -2.31. The first-order valence-electron chi connectivity index (χ1n) is 8.38. The van der Waals surface area contributed by atoms with Crippen molar-refractivity contribution in [2.45, 2.75) is 32.7 Å². The number of fused-ring (bicyclic) bond motifs is 1. The van der Waals surface area contributed by atoms with Gasteiger partial charge in [-0.2, -0.15) is 0 Å². The minimum Gasteiger partial charge on any atom is -0.450 e. The maximum atomic E-state index is 12.4.